The lowest BCUT2D eigenvalue weighted by atomic mass is 10.0. The Kier molecular flexibility index (Phi) is 6.36. The normalized spacial score (nSPS) is 14.1. The second kappa shape index (κ2) is 8.48. The molecule has 5 N–H and O–H groups in total. The van der Waals surface area contributed by atoms with Crippen LogP contribution in [0.5, 0.6) is 0 Å². The lowest BCUT2D eigenvalue weighted by Gasteiger charge is -2.13. The van der Waals surface area contributed by atoms with Crippen molar-refractivity contribution < 1.29 is 14.7 Å². The van der Waals surface area contributed by atoms with Gasteiger partial charge in [0.15, 0.2) is 0 Å². The third-order valence-electron chi connectivity index (χ3n) is 3.95. The molecule has 0 aliphatic rings. The highest BCUT2D eigenvalue weighted by molar-refractivity contribution is 5.91. The molecule has 0 aliphatic carbocycles. The molecule has 1 heterocycles. The van der Waals surface area contributed by atoms with Gasteiger partial charge >= 0.3 is 5.97 Å². The van der Waals surface area contributed by atoms with Crippen LogP contribution in [0.25, 0.3) is 10.9 Å². The fourth-order valence-electron chi connectivity index (χ4n) is 2.77. The van der Waals surface area contributed by atoms with E-state index in [1.54, 1.807) is 12.3 Å². The van der Waals surface area contributed by atoms with E-state index in [0.717, 1.165) is 22.9 Å². The molecule has 0 unspecified atom stereocenters. The van der Waals surface area contributed by atoms with Gasteiger partial charge in [-0.2, -0.15) is 0 Å². The van der Waals surface area contributed by atoms with Crippen molar-refractivity contribution >= 4 is 22.8 Å². The predicted molar refractivity (Wildman–Crippen MR) is 98.1 cm³/mol. The average molecular weight is 343 g/mol. The van der Waals surface area contributed by atoms with E-state index in [4.69, 9.17) is 5.73 Å². The third kappa shape index (κ3) is 5.46. The SMILES string of the molecule is CC(C)C[C@@H](N)/C=C/C(=O)N[C@H](Cc1c[nH]c2ccccc12)C(=O)O. The lowest BCUT2D eigenvalue weighted by Crippen LogP contribution is -2.41. The highest BCUT2D eigenvalue weighted by Crippen LogP contribution is 2.19. The Morgan fingerprint density at radius 2 is 2.04 bits per heavy atom. The zero-order valence-corrected chi connectivity index (χ0v) is 14.5. The maximum atomic E-state index is 12.0. The predicted octanol–water partition coefficient (Wildman–Crippen LogP) is 2.21. The van der Waals surface area contributed by atoms with Crippen molar-refractivity contribution in [3.63, 3.8) is 0 Å². The number of hydrogen-bond donors (Lipinski definition) is 4. The van der Waals surface area contributed by atoms with E-state index in [2.05, 4.69) is 24.1 Å². The molecule has 2 atom stereocenters. The number of aromatic amines is 1. The highest BCUT2D eigenvalue weighted by atomic mass is 16.4. The van der Waals surface area contributed by atoms with E-state index in [1.165, 1.54) is 6.08 Å². The number of amides is 1. The summed E-state index contributed by atoms with van der Waals surface area (Å²) >= 11 is 0. The molecule has 0 bridgehead atoms. The van der Waals surface area contributed by atoms with Crippen molar-refractivity contribution in [1.82, 2.24) is 10.3 Å². The zero-order valence-electron chi connectivity index (χ0n) is 14.5. The molecule has 0 aliphatic heterocycles. The van der Waals surface area contributed by atoms with Crippen molar-refractivity contribution in [1.29, 1.82) is 0 Å². The van der Waals surface area contributed by atoms with Crippen LogP contribution in [0.1, 0.15) is 25.8 Å². The smallest absolute Gasteiger partial charge is 0.326 e. The van der Waals surface area contributed by atoms with Crippen LogP contribution in [0.3, 0.4) is 0 Å². The summed E-state index contributed by atoms with van der Waals surface area (Å²) < 4.78 is 0. The van der Waals surface area contributed by atoms with Crippen LogP contribution in [-0.2, 0) is 16.0 Å². The minimum Gasteiger partial charge on any atom is -0.480 e. The number of para-hydroxylation sites is 1. The molecule has 25 heavy (non-hydrogen) atoms. The molecule has 0 spiro atoms. The zero-order chi connectivity index (χ0) is 18.4. The number of benzene rings is 1. The number of nitrogens with one attached hydrogen (secondary N) is 2. The number of carbonyl (C=O) groups is 2. The Hall–Kier alpha value is -2.60. The molecule has 0 saturated heterocycles. The molecule has 0 saturated carbocycles. The lowest BCUT2D eigenvalue weighted by molar-refractivity contribution is -0.141. The Bertz CT molecular complexity index is 764. The number of carbonyl (C=O) groups excluding carboxylic acids is 1. The molecule has 6 nitrogen and oxygen atoms in total. The number of rotatable bonds is 8. The fourth-order valence-corrected chi connectivity index (χ4v) is 2.77. The summed E-state index contributed by atoms with van der Waals surface area (Å²) in [6, 6.07) is 6.43. The number of carboxylic acids is 1. The van der Waals surface area contributed by atoms with Crippen LogP contribution in [0.15, 0.2) is 42.6 Å². The quantitative estimate of drug-likeness (QED) is 0.551. The Labute approximate surface area is 147 Å². The first kappa shape index (κ1) is 18.7. The topological polar surface area (TPSA) is 108 Å². The minimum atomic E-state index is -1.07. The maximum absolute atomic E-state index is 12.0. The van der Waals surface area contributed by atoms with Gasteiger partial charge in [-0.25, -0.2) is 4.79 Å². The van der Waals surface area contributed by atoms with Gasteiger partial charge < -0.3 is 21.1 Å². The number of H-pyrrole nitrogens is 1. The third-order valence-corrected chi connectivity index (χ3v) is 3.95. The second-order valence-corrected chi connectivity index (χ2v) is 6.62. The Morgan fingerprint density at radius 3 is 2.72 bits per heavy atom. The summed E-state index contributed by atoms with van der Waals surface area (Å²) in [5.41, 5.74) is 7.69. The van der Waals surface area contributed by atoms with Crippen molar-refractivity contribution in [2.75, 3.05) is 0 Å². The molecule has 0 fully saturated rings. The van der Waals surface area contributed by atoms with E-state index in [1.807, 2.05) is 24.3 Å². The van der Waals surface area contributed by atoms with Gasteiger partial charge in [0.25, 0.3) is 0 Å². The standard InChI is InChI=1S/C19H25N3O3/c1-12(2)9-14(20)7-8-18(23)22-17(19(24)25)10-13-11-21-16-6-4-3-5-15(13)16/h3-8,11-12,14,17,21H,9-10,20H2,1-2H3,(H,22,23)(H,24,25)/b8-7+/t14-,17+/m0/s1. The summed E-state index contributed by atoms with van der Waals surface area (Å²) in [7, 11) is 0. The van der Waals surface area contributed by atoms with Gasteiger partial charge in [0.2, 0.25) is 5.91 Å². The van der Waals surface area contributed by atoms with Crippen LogP contribution >= 0.6 is 0 Å². The summed E-state index contributed by atoms with van der Waals surface area (Å²) in [4.78, 5) is 26.6. The van der Waals surface area contributed by atoms with Crippen LogP contribution in [0.2, 0.25) is 0 Å². The number of aliphatic carboxylic acids is 1. The van der Waals surface area contributed by atoms with Gasteiger partial charge in [-0.3, -0.25) is 4.79 Å². The second-order valence-electron chi connectivity index (χ2n) is 6.62. The Balaban J connectivity index is 2.02. The molecule has 1 aromatic carbocycles. The van der Waals surface area contributed by atoms with E-state index in [9.17, 15) is 14.7 Å². The molecule has 2 aromatic rings. The van der Waals surface area contributed by atoms with Crippen molar-refractivity contribution in [2.24, 2.45) is 11.7 Å². The van der Waals surface area contributed by atoms with Gasteiger partial charge in [0.1, 0.15) is 6.04 Å². The average Bonchev–Trinajstić information content (AvgIpc) is 2.95. The molecule has 134 valence electrons. The summed E-state index contributed by atoms with van der Waals surface area (Å²) in [5.74, 6) is -1.10. The molecule has 1 amide bonds. The molecular weight excluding hydrogens is 318 g/mol. The highest BCUT2D eigenvalue weighted by Gasteiger charge is 2.21. The number of aromatic nitrogens is 1. The van der Waals surface area contributed by atoms with E-state index < -0.39 is 17.9 Å². The van der Waals surface area contributed by atoms with Crippen LogP contribution in [-0.4, -0.2) is 34.1 Å². The van der Waals surface area contributed by atoms with Crippen molar-refractivity contribution in [3.8, 4) is 0 Å². The van der Waals surface area contributed by atoms with E-state index in [-0.39, 0.29) is 12.5 Å². The van der Waals surface area contributed by atoms with Crippen molar-refractivity contribution in [3.05, 3.63) is 48.2 Å². The molecule has 6 heteroatoms. The van der Waals surface area contributed by atoms with Gasteiger partial charge in [-0.05, 0) is 24.0 Å². The van der Waals surface area contributed by atoms with E-state index >= 15 is 0 Å². The molecule has 1 aromatic heterocycles. The number of fused-ring (bicyclic) bond motifs is 1. The first-order chi connectivity index (χ1) is 11.9. The van der Waals surface area contributed by atoms with Gasteiger partial charge in [-0.1, -0.05) is 38.1 Å². The molecule has 2 rings (SSSR count). The number of hydrogen-bond acceptors (Lipinski definition) is 3. The van der Waals surface area contributed by atoms with Gasteiger partial charge in [0.05, 0.1) is 0 Å². The molecular formula is C19H25N3O3. The monoisotopic (exact) mass is 343 g/mol. The maximum Gasteiger partial charge on any atom is 0.326 e. The largest absolute Gasteiger partial charge is 0.480 e. The first-order valence-electron chi connectivity index (χ1n) is 8.39. The number of nitrogens with two attached hydrogens (primary N) is 1. The van der Waals surface area contributed by atoms with Crippen LogP contribution < -0.4 is 11.1 Å². The van der Waals surface area contributed by atoms with E-state index in [0.29, 0.717) is 5.92 Å². The summed E-state index contributed by atoms with van der Waals surface area (Å²) in [6.07, 6.45) is 5.68. The van der Waals surface area contributed by atoms with Crippen molar-refractivity contribution in [2.45, 2.75) is 38.8 Å². The summed E-state index contributed by atoms with van der Waals surface area (Å²) in [5, 5.41) is 12.9. The van der Waals surface area contributed by atoms with Gasteiger partial charge in [-0.15, -0.1) is 0 Å². The fraction of sp³-hybridized carbons (Fsp3) is 0.368. The van der Waals surface area contributed by atoms with Crippen LogP contribution in [0.4, 0.5) is 0 Å². The van der Waals surface area contributed by atoms with Gasteiger partial charge in [0, 0.05) is 35.6 Å². The summed E-state index contributed by atoms with van der Waals surface area (Å²) in [6.45, 7) is 4.10. The Morgan fingerprint density at radius 1 is 1.32 bits per heavy atom. The van der Waals surface area contributed by atoms with Crippen LogP contribution in [0, 0.1) is 5.92 Å². The number of carboxylic acid groups (broad SMARTS) is 1. The molecule has 0 radical (unpaired) electrons. The minimum absolute atomic E-state index is 0.205. The first-order valence-corrected chi connectivity index (χ1v) is 8.39.